The lowest BCUT2D eigenvalue weighted by Gasteiger charge is -2.29. The summed E-state index contributed by atoms with van der Waals surface area (Å²) in [6, 6.07) is 10.6. The molecule has 2 fully saturated rings. The second-order valence-electron chi connectivity index (χ2n) is 6.64. The summed E-state index contributed by atoms with van der Waals surface area (Å²) in [5.74, 6) is 1.61. The standard InChI is InChI=1S/C18H27N3O2/c1-21(13-17-15-9-5-6-10-16(15)19-20-17)18(22)11-12-23-14-7-3-2-4-8-14/h2-4,7-8,15-17,19-20H,5-6,9-13H2,1H3. The van der Waals surface area contributed by atoms with Crippen molar-refractivity contribution >= 4 is 5.91 Å². The number of fused-ring (bicyclic) bond motifs is 1. The third-order valence-electron chi connectivity index (χ3n) is 5.01. The van der Waals surface area contributed by atoms with Gasteiger partial charge in [-0.25, -0.2) is 0 Å². The smallest absolute Gasteiger partial charge is 0.225 e. The molecule has 0 aromatic heterocycles. The van der Waals surface area contributed by atoms with Gasteiger partial charge in [-0.2, -0.15) is 0 Å². The van der Waals surface area contributed by atoms with Gasteiger partial charge in [-0.3, -0.25) is 15.6 Å². The highest BCUT2D eigenvalue weighted by Crippen LogP contribution is 2.30. The van der Waals surface area contributed by atoms with E-state index < -0.39 is 0 Å². The van der Waals surface area contributed by atoms with Crippen LogP contribution in [-0.2, 0) is 4.79 Å². The minimum Gasteiger partial charge on any atom is -0.493 e. The van der Waals surface area contributed by atoms with Gasteiger partial charge in [0, 0.05) is 25.7 Å². The summed E-state index contributed by atoms with van der Waals surface area (Å²) in [6.45, 7) is 1.19. The number of hydrogen-bond acceptors (Lipinski definition) is 4. The molecule has 1 aromatic rings. The van der Waals surface area contributed by atoms with Crippen molar-refractivity contribution in [1.29, 1.82) is 0 Å². The number of carbonyl (C=O) groups is 1. The van der Waals surface area contributed by atoms with Crippen LogP contribution in [0.1, 0.15) is 32.1 Å². The zero-order valence-electron chi connectivity index (χ0n) is 13.8. The monoisotopic (exact) mass is 317 g/mol. The van der Waals surface area contributed by atoms with Crippen LogP contribution in [0.5, 0.6) is 5.75 Å². The van der Waals surface area contributed by atoms with Gasteiger partial charge in [-0.05, 0) is 30.9 Å². The van der Waals surface area contributed by atoms with Crippen molar-refractivity contribution < 1.29 is 9.53 Å². The van der Waals surface area contributed by atoms with Crippen LogP contribution in [0.25, 0.3) is 0 Å². The molecule has 0 spiro atoms. The zero-order valence-corrected chi connectivity index (χ0v) is 13.8. The Labute approximate surface area is 138 Å². The minimum atomic E-state index is 0.141. The first-order valence-electron chi connectivity index (χ1n) is 8.67. The maximum Gasteiger partial charge on any atom is 0.225 e. The second-order valence-corrected chi connectivity index (χ2v) is 6.64. The molecule has 0 radical (unpaired) electrons. The Balaban J connectivity index is 1.41. The van der Waals surface area contributed by atoms with Gasteiger partial charge in [0.15, 0.2) is 0 Å². The van der Waals surface area contributed by atoms with Crippen molar-refractivity contribution in [3.63, 3.8) is 0 Å². The minimum absolute atomic E-state index is 0.141. The van der Waals surface area contributed by atoms with E-state index >= 15 is 0 Å². The fourth-order valence-corrected chi connectivity index (χ4v) is 3.68. The van der Waals surface area contributed by atoms with E-state index in [1.807, 2.05) is 42.3 Å². The number of rotatable bonds is 6. The van der Waals surface area contributed by atoms with Gasteiger partial charge in [-0.1, -0.05) is 31.0 Å². The summed E-state index contributed by atoms with van der Waals surface area (Å²) in [4.78, 5) is 14.1. The Morgan fingerprint density at radius 3 is 2.83 bits per heavy atom. The number of amides is 1. The average Bonchev–Trinajstić information content (AvgIpc) is 2.99. The molecule has 1 aromatic carbocycles. The van der Waals surface area contributed by atoms with Gasteiger partial charge in [0.2, 0.25) is 5.91 Å². The highest BCUT2D eigenvalue weighted by Gasteiger charge is 2.37. The zero-order chi connectivity index (χ0) is 16.1. The molecule has 0 bridgehead atoms. The Hall–Kier alpha value is -1.59. The van der Waals surface area contributed by atoms with E-state index in [1.165, 1.54) is 25.7 Å². The Kier molecular flexibility index (Phi) is 5.51. The molecule has 1 saturated carbocycles. The number of hydrazine groups is 1. The van der Waals surface area contributed by atoms with Crippen molar-refractivity contribution in [2.75, 3.05) is 20.2 Å². The lowest BCUT2D eigenvalue weighted by Crippen LogP contribution is -2.43. The molecule has 2 N–H and O–H groups in total. The molecule has 2 aliphatic rings. The summed E-state index contributed by atoms with van der Waals surface area (Å²) < 4.78 is 5.61. The van der Waals surface area contributed by atoms with Crippen molar-refractivity contribution in [3.8, 4) is 5.75 Å². The fraction of sp³-hybridized carbons (Fsp3) is 0.611. The highest BCUT2D eigenvalue weighted by molar-refractivity contribution is 5.76. The van der Waals surface area contributed by atoms with Crippen molar-refractivity contribution in [2.24, 2.45) is 5.92 Å². The molecule has 126 valence electrons. The quantitative estimate of drug-likeness (QED) is 0.842. The lowest BCUT2D eigenvalue weighted by atomic mass is 9.81. The first-order chi connectivity index (χ1) is 11.2. The number of ether oxygens (including phenoxy) is 1. The molecule has 1 amide bonds. The Bertz CT molecular complexity index is 508. The van der Waals surface area contributed by atoms with Crippen LogP contribution in [0.3, 0.4) is 0 Å². The number of hydrogen-bond donors (Lipinski definition) is 2. The van der Waals surface area contributed by atoms with Gasteiger partial charge >= 0.3 is 0 Å². The average molecular weight is 317 g/mol. The van der Waals surface area contributed by atoms with E-state index in [-0.39, 0.29) is 5.91 Å². The van der Waals surface area contributed by atoms with E-state index in [0.717, 1.165) is 12.3 Å². The molecular formula is C18H27N3O2. The van der Waals surface area contributed by atoms with Crippen LogP contribution in [0.15, 0.2) is 30.3 Å². The molecule has 23 heavy (non-hydrogen) atoms. The maximum atomic E-state index is 12.3. The van der Waals surface area contributed by atoms with E-state index in [4.69, 9.17) is 4.74 Å². The Morgan fingerprint density at radius 1 is 1.22 bits per heavy atom. The van der Waals surface area contributed by atoms with Gasteiger partial charge in [0.05, 0.1) is 13.0 Å². The predicted molar refractivity (Wildman–Crippen MR) is 90.0 cm³/mol. The highest BCUT2D eigenvalue weighted by atomic mass is 16.5. The summed E-state index contributed by atoms with van der Waals surface area (Å²) in [6.07, 6.45) is 5.54. The molecular weight excluding hydrogens is 290 g/mol. The largest absolute Gasteiger partial charge is 0.493 e. The number of nitrogens with zero attached hydrogens (tertiary/aromatic N) is 1. The van der Waals surface area contributed by atoms with E-state index in [9.17, 15) is 4.79 Å². The SMILES string of the molecule is CN(CC1NNC2CCCCC21)C(=O)CCOc1ccccc1. The predicted octanol–water partition coefficient (Wildman–Crippen LogP) is 1.95. The normalized spacial score (nSPS) is 26.6. The summed E-state index contributed by atoms with van der Waals surface area (Å²) >= 11 is 0. The number of para-hydroxylation sites is 1. The fourth-order valence-electron chi connectivity index (χ4n) is 3.68. The van der Waals surface area contributed by atoms with Crippen LogP contribution < -0.4 is 15.6 Å². The third kappa shape index (κ3) is 4.24. The number of likely N-dealkylation sites (N-methyl/N-ethyl adjacent to an activating group) is 1. The molecule has 1 saturated heterocycles. The second kappa shape index (κ2) is 7.79. The third-order valence-corrected chi connectivity index (χ3v) is 5.01. The number of benzene rings is 1. The molecule has 3 unspecified atom stereocenters. The molecule has 3 atom stereocenters. The van der Waals surface area contributed by atoms with E-state index in [1.54, 1.807) is 0 Å². The topological polar surface area (TPSA) is 53.6 Å². The van der Waals surface area contributed by atoms with Crippen molar-refractivity contribution in [3.05, 3.63) is 30.3 Å². The Morgan fingerprint density at radius 2 is 2.00 bits per heavy atom. The number of carbonyl (C=O) groups excluding carboxylic acids is 1. The molecule has 1 aliphatic heterocycles. The molecule has 5 heteroatoms. The molecule has 1 aliphatic carbocycles. The maximum absolute atomic E-state index is 12.3. The summed E-state index contributed by atoms with van der Waals surface area (Å²) in [5, 5.41) is 0. The lowest BCUT2D eigenvalue weighted by molar-refractivity contribution is -0.130. The van der Waals surface area contributed by atoms with Crippen LogP contribution in [0.2, 0.25) is 0 Å². The van der Waals surface area contributed by atoms with Crippen molar-refractivity contribution in [2.45, 2.75) is 44.2 Å². The summed E-state index contributed by atoms with van der Waals surface area (Å²) in [5.41, 5.74) is 6.80. The van der Waals surface area contributed by atoms with Crippen molar-refractivity contribution in [1.82, 2.24) is 15.8 Å². The van der Waals surface area contributed by atoms with Crippen LogP contribution in [0.4, 0.5) is 0 Å². The van der Waals surface area contributed by atoms with Gasteiger partial charge in [0.25, 0.3) is 0 Å². The summed E-state index contributed by atoms with van der Waals surface area (Å²) in [7, 11) is 1.89. The van der Waals surface area contributed by atoms with Crippen LogP contribution in [0, 0.1) is 5.92 Å². The number of nitrogens with one attached hydrogen (secondary N) is 2. The molecule has 1 heterocycles. The van der Waals surface area contributed by atoms with Crippen LogP contribution in [-0.4, -0.2) is 43.1 Å². The molecule has 5 nitrogen and oxygen atoms in total. The molecule has 3 rings (SSSR count). The first kappa shape index (κ1) is 16.3. The van der Waals surface area contributed by atoms with E-state index in [0.29, 0.717) is 31.0 Å². The van der Waals surface area contributed by atoms with Crippen LogP contribution >= 0.6 is 0 Å². The van der Waals surface area contributed by atoms with Gasteiger partial charge in [0.1, 0.15) is 5.75 Å². The van der Waals surface area contributed by atoms with E-state index in [2.05, 4.69) is 10.9 Å². The van der Waals surface area contributed by atoms with Gasteiger partial charge in [-0.15, -0.1) is 0 Å². The first-order valence-corrected chi connectivity index (χ1v) is 8.67. The van der Waals surface area contributed by atoms with Gasteiger partial charge < -0.3 is 9.64 Å².